The highest BCUT2D eigenvalue weighted by atomic mass is 35.5. The number of benzene rings is 2. The van der Waals surface area contributed by atoms with E-state index in [9.17, 15) is 0 Å². The number of rotatable bonds is 7. The van der Waals surface area contributed by atoms with E-state index in [-0.39, 0.29) is 0 Å². The summed E-state index contributed by atoms with van der Waals surface area (Å²) in [7, 11) is 0. The van der Waals surface area contributed by atoms with Crippen molar-refractivity contribution >= 4 is 58.0 Å². The van der Waals surface area contributed by atoms with Crippen molar-refractivity contribution in [2.24, 2.45) is 0 Å². The molecule has 6 heteroatoms. The molecule has 0 saturated heterocycles. The van der Waals surface area contributed by atoms with Gasteiger partial charge in [-0.3, -0.25) is 0 Å². The molecule has 0 aliphatic heterocycles. The molecule has 2 nitrogen and oxygen atoms in total. The molecule has 0 aliphatic carbocycles. The summed E-state index contributed by atoms with van der Waals surface area (Å²) in [5.74, 6) is 1.71. The van der Waals surface area contributed by atoms with Crippen LogP contribution in [0.2, 0.25) is 10.0 Å². The van der Waals surface area contributed by atoms with E-state index in [1.54, 1.807) is 11.8 Å². The summed E-state index contributed by atoms with van der Waals surface area (Å²) in [5, 5.41) is 8.47. The average Bonchev–Trinajstić information content (AvgIpc) is 2.57. The molecule has 0 radical (unpaired) electrons. The molecule has 0 fully saturated rings. The van der Waals surface area contributed by atoms with Crippen LogP contribution < -0.4 is 10.6 Å². The van der Waals surface area contributed by atoms with Crippen LogP contribution in [0, 0.1) is 0 Å². The first-order chi connectivity index (χ1) is 11.6. The number of aryl methyl sites for hydroxylation is 1. The van der Waals surface area contributed by atoms with Crippen molar-refractivity contribution in [1.29, 1.82) is 0 Å². The van der Waals surface area contributed by atoms with Gasteiger partial charge in [0, 0.05) is 33.8 Å². The highest BCUT2D eigenvalue weighted by molar-refractivity contribution is 7.98. The van der Waals surface area contributed by atoms with Crippen LogP contribution in [0.5, 0.6) is 0 Å². The number of halogens is 2. The Morgan fingerprint density at radius 1 is 1.08 bits per heavy atom. The van der Waals surface area contributed by atoms with Gasteiger partial charge in [0.25, 0.3) is 0 Å². The van der Waals surface area contributed by atoms with Gasteiger partial charge in [-0.2, -0.15) is 11.8 Å². The first-order valence-corrected chi connectivity index (χ1v) is 10.1. The summed E-state index contributed by atoms with van der Waals surface area (Å²) in [6.07, 6.45) is 1.04. The molecule has 0 spiro atoms. The zero-order valence-corrected chi connectivity index (χ0v) is 16.6. The van der Waals surface area contributed by atoms with Crippen LogP contribution in [0.25, 0.3) is 0 Å². The lowest BCUT2D eigenvalue weighted by Gasteiger charge is -2.11. The van der Waals surface area contributed by atoms with Gasteiger partial charge in [0.1, 0.15) is 0 Å². The van der Waals surface area contributed by atoms with Crippen LogP contribution in [-0.2, 0) is 12.2 Å². The van der Waals surface area contributed by atoms with Gasteiger partial charge in [0.05, 0.1) is 0 Å². The minimum Gasteiger partial charge on any atom is -0.362 e. The van der Waals surface area contributed by atoms with E-state index in [0.29, 0.717) is 5.11 Å². The van der Waals surface area contributed by atoms with E-state index in [0.717, 1.165) is 45.8 Å². The quantitative estimate of drug-likeness (QED) is 0.456. The van der Waals surface area contributed by atoms with E-state index < -0.39 is 0 Å². The molecule has 0 atom stereocenters. The van der Waals surface area contributed by atoms with Gasteiger partial charge in [0.2, 0.25) is 0 Å². The normalized spacial score (nSPS) is 10.5. The zero-order valence-electron chi connectivity index (χ0n) is 13.4. The van der Waals surface area contributed by atoms with Gasteiger partial charge in [-0.25, -0.2) is 0 Å². The molecule has 2 aromatic carbocycles. The van der Waals surface area contributed by atoms with Gasteiger partial charge in [0.15, 0.2) is 5.11 Å². The predicted octanol–water partition coefficient (Wildman–Crippen LogP) is 5.78. The summed E-state index contributed by atoms with van der Waals surface area (Å²) < 4.78 is 0. The molecule has 0 saturated carbocycles. The highest BCUT2D eigenvalue weighted by Gasteiger charge is 2.05. The number of anilines is 1. The fraction of sp³-hybridized carbons (Fsp3) is 0.278. The second-order valence-corrected chi connectivity index (χ2v) is 7.51. The van der Waals surface area contributed by atoms with Crippen molar-refractivity contribution in [3.8, 4) is 0 Å². The second kappa shape index (κ2) is 10.1. The Labute approximate surface area is 163 Å². The van der Waals surface area contributed by atoms with E-state index >= 15 is 0 Å². The van der Waals surface area contributed by atoms with Crippen LogP contribution >= 0.6 is 47.2 Å². The molecule has 0 aliphatic rings. The van der Waals surface area contributed by atoms with Crippen LogP contribution in [0.15, 0.2) is 42.5 Å². The lowest BCUT2D eigenvalue weighted by atomic mass is 10.1. The Morgan fingerprint density at radius 2 is 1.75 bits per heavy atom. The fourth-order valence-electron chi connectivity index (χ4n) is 2.08. The lowest BCUT2D eigenvalue weighted by molar-refractivity contribution is 0.989. The molecule has 128 valence electrons. The topological polar surface area (TPSA) is 24.1 Å². The molecule has 0 aromatic heterocycles. The van der Waals surface area contributed by atoms with Gasteiger partial charge >= 0.3 is 0 Å². The molecule has 2 rings (SSSR count). The van der Waals surface area contributed by atoms with Crippen molar-refractivity contribution in [2.75, 3.05) is 17.6 Å². The summed E-state index contributed by atoms with van der Waals surface area (Å²) in [5.41, 5.74) is 3.30. The molecule has 24 heavy (non-hydrogen) atoms. The summed E-state index contributed by atoms with van der Waals surface area (Å²) >= 11 is 19.4. The minimum absolute atomic E-state index is 0.635. The van der Waals surface area contributed by atoms with Crippen LogP contribution in [0.3, 0.4) is 0 Å². The number of nitrogens with one attached hydrogen (secondary N) is 2. The maximum Gasteiger partial charge on any atom is 0.170 e. The Morgan fingerprint density at radius 3 is 2.38 bits per heavy atom. The number of thioether (sulfide) groups is 1. The highest BCUT2D eigenvalue weighted by Crippen LogP contribution is 2.27. The maximum absolute atomic E-state index is 6.16. The molecular formula is C18H20Cl2N2S2. The Balaban J connectivity index is 1.67. The first kappa shape index (κ1) is 19.4. The van der Waals surface area contributed by atoms with Crippen molar-refractivity contribution < 1.29 is 0 Å². The molecule has 0 unspecified atom stereocenters. The SMILES string of the molecule is CCc1ccc(NC(=S)NCCSCc2c(Cl)cccc2Cl)cc1. The standard InChI is InChI=1S/C18H20Cl2N2S2/c1-2-13-6-8-14(9-7-13)22-18(23)21-10-11-24-12-15-16(19)4-3-5-17(15)20/h3-9H,2,10-12H2,1H3,(H2,21,22,23). The van der Waals surface area contributed by atoms with Gasteiger partial charge in [-0.1, -0.05) is 48.3 Å². The third kappa shape index (κ3) is 6.17. The maximum atomic E-state index is 6.16. The van der Waals surface area contributed by atoms with Crippen LogP contribution in [-0.4, -0.2) is 17.4 Å². The molecule has 2 N–H and O–H groups in total. The van der Waals surface area contributed by atoms with Crippen molar-refractivity contribution in [1.82, 2.24) is 5.32 Å². The number of thiocarbonyl (C=S) groups is 1. The molecule has 0 bridgehead atoms. The fourth-order valence-corrected chi connectivity index (χ4v) is 3.90. The van der Waals surface area contributed by atoms with Crippen LogP contribution in [0.4, 0.5) is 5.69 Å². The van der Waals surface area contributed by atoms with Gasteiger partial charge in [-0.05, 0) is 54.0 Å². The van der Waals surface area contributed by atoms with Crippen molar-refractivity contribution in [2.45, 2.75) is 19.1 Å². The number of hydrogen-bond acceptors (Lipinski definition) is 2. The second-order valence-electron chi connectivity index (χ2n) is 5.18. The van der Waals surface area contributed by atoms with E-state index in [1.807, 2.05) is 30.3 Å². The lowest BCUT2D eigenvalue weighted by Crippen LogP contribution is -2.30. The first-order valence-electron chi connectivity index (χ1n) is 7.74. The number of hydrogen-bond donors (Lipinski definition) is 2. The van der Waals surface area contributed by atoms with Crippen molar-refractivity contribution in [3.05, 3.63) is 63.6 Å². The summed E-state index contributed by atoms with van der Waals surface area (Å²) in [6.45, 7) is 2.92. The predicted molar refractivity (Wildman–Crippen MR) is 113 cm³/mol. The molecule has 0 heterocycles. The molecular weight excluding hydrogens is 379 g/mol. The monoisotopic (exact) mass is 398 g/mol. The van der Waals surface area contributed by atoms with E-state index in [4.69, 9.17) is 35.4 Å². The van der Waals surface area contributed by atoms with Crippen LogP contribution in [0.1, 0.15) is 18.1 Å². The van der Waals surface area contributed by atoms with Crippen molar-refractivity contribution in [3.63, 3.8) is 0 Å². The Hall–Kier alpha value is -0.940. The Bertz CT molecular complexity index is 655. The van der Waals surface area contributed by atoms with E-state index in [2.05, 4.69) is 29.7 Å². The van der Waals surface area contributed by atoms with Gasteiger partial charge < -0.3 is 10.6 Å². The largest absolute Gasteiger partial charge is 0.362 e. The smallest absolute Gasteiger partial charge is 0.170 e. The van der Waals surface area contributed by atoms with Gasteiger partial charge in [-0.15, -0.1) is 0 Å². The average molecular weight is 399 g/mol. The third-order valence-corrected chi connectivity index (χ3v) is 5.40. The minimum atomic E-state index is 0.635. The molecule has 0 amide bonds. The molecule has 2 aromatic rings. The zero-order chi connectivity index (χ0) is 17.4. The summed E-state index contributed by atoms with van der Waals surface area (Å²) in [6, 6.07) is 13.9. The van der Waals surface area contributed by atoms with E-state index in [1.165, 1.54) is 5.56 Å². The summed E-state index contributed by atoms with van der Waals surface area (Å²) in [4.78, 5) is 0. The third-order valence-electron chi connectivity index (χ3n) is 3.46. The Kier molecular flexibility index (Phi) is 8.19.